The van der Waals surface area contributed by atoms with Gasteiger partial charge < -0.3 is 10.6 Å². The number of hydrogen-bond acceptors (Lipinski definition) is 5. The topological polar surface area (TPSA) is 76.3 Å². The highest BCUT2D eigenvalue weighted by atomic mass is 32.2. The van der Waals surface area contributed by atoms with Gasteiger partial charge in [-0.15, -0.1) is 0 Å². The summed E-state index contributed by atoms with van der Waals surface area (Å²) >= 11 is 0. The van der Waals surface area contributed by atoms with E-state index in [1.54, 1.807) is 18.3 Å². The van der Waals surface area contributed by atoms with E-state index in [1.165, 1.54) is 6.26 Å². The van der Waals surface area contributed by atoms with Crippen molar-refractivity contribution in [1.82, 2.24) is 4.98 Å². The van der Waals surface area contributed by atoms with Gasteiger partial charge in [0, 0.05) is 31.6 Å². The summed E-state index contributed by atoms with van der Waals surface area (Å²) in [5, 5.41) is 0. The maximum atomic E-state index is 11.8. The minimum atomic E-state index is -3.27. The van der Waals surface area contributed by atoms with Crippen molar-refractivity contribution in [2.75, 3.05) is 24.2 Å². The van der Waals surface area contributed by atoms with Crippen LogP contribution in [0.2, 0.25) is 0 Å². The number of pyridine rings is 1. The van der Waals surface area contributed by atoms with Gasteiger partial charge in [0.05, 0.1) is 0 Å². The van der Waals surface area contributed by atoms with Gasteiger partial charge in [0.15, 0.2) is 9.84 Å². The largest absolute Gasteiger partial charge is 0.351 e. The van der Waals surface area contributed by atoms with Gasteiger partial charge in [-0.1, -0.05) is 6.92 Å². The molecular weight excluding hydrogens is 250 g/mol. The predicted octanol–water partition coefficient (Wildman–Crippen LogP) is 0.659. The molecule has 6 heteroatoms. The third kappa shape index (κ3) is 2.35. The van der Waals surface area contributed by atoms with Crippen LogP contribution < -0.4 is 10.6 Å². The molecule has 100 valence electrons. The molecule has 2 rings (SSSR count). The lowest BCUT2D eigenvalue weighted by molar-refractivity contribution is 0.516. The van der Waals surface area contributed by atoms with E-state index in [0.29, 0.717) is 18.3 Å². The number of anilines is 1. The highest BCUT2D eigenvalue weighted by molar-refractivity contribution is 7.90. The molecule has 5 nitrogen and oxygen atoms in total. The van der Waals surface area contributed by atoms with Crippen LogP contribution >= 0.6 is 0 Å². The molecule has 1 fully saturated rings. The first-order valence-electron chi connectivity index (χ1n) is 6.07. The Labute approximate surface area is 108 Å². The highest BCUT2D eigenvalue weighted by Crippen LogP contribution is 2.31. The Kier molecular flexibility index (Phi) is 3.59. The van der Waals surface area contributed by atoms with Crippen LogP contribution in [0.15, 0.2) is 23.2 Å². The number of nitrogens with two attached hydrogens (primary N) is 1. The Morgan fingerprint density at radius 1 is 1.56 bits per heavy atom. The van der Waals surface area contributed by atoms with Crippen LogP contribution in [-0.4, -0.2) is 38.8 Å². The Hall–Kier alpha value is -1.14. The maximum Gasteiger partial charge on any atom is 0.179 e. The normalized spacial score (nSPS) is 24.5. The Morgan fingerprint density at radius 2 is 2.28 bits per heavy atom. The van der Waals surface area contributed by atoms with E-state index >= 15 is 0 Å². The van der Waals surface area contributed by atoms with E-state index in [2.05, 4.69) is 11.9 Å². The lowest BCUT2D eigenvalue weighted by Crippen LogP contribution is -2.39. The van der Waals surface area contributed by atoms with Crippen LogP contribution in [0, 0.1) is 5.92 Å². The Bertz CT molecular complexity index is 530. The second-order valence-electron chi connectivity index (χ2n) is 4.86. The molecule has 2 N–H and O–H groups in total. The monoisotopic (exact) mass is 269 g/mol. The molecule has 0 bridgehead atoms. The minimum Gasteiger partial charge on any atom is -0.351 e. The maximum absolute atomic E-state index is 11.8. The zero-order chi connectivity index (χ0) is 13.3. The third-order valence-electron chi connectivity index (χ3n) is 3.55. The summed E-state index contributed by atoms with van der Waals surface area (Å²) in [5.41, 5.74) is 5.79. The zero-order valence-electron chi connectivity index (χ0n) is 10.7. The SMILES string of the molecule is CC1CCN(c2ncccc2S(C)(=O)=O)C1CN. The summed E-state index contributed by atoms with van der Waals surface area (Å²) < 4.78 is 23.6. The van der Waals surface area contributed by atoms with E-state index in [9.17, 15) is 8.42 Å². The Balaban J connectivity index is 2.46. The van der Waals surface area contributed by atoms with Gasteiger partial charge in [-0.25, -0.2) is 13.4 Å². The number of nitrogens with zero attached hydrogens (tertiary/aromatic N) is 2. The molecule has 1 aliphatic heterocycles. The van der Waals surface area contributed by atoms with Gasteiger partial charge in [-0.3, -0.25) is 0 Å². The van der Waals surface area contributed by atoms with Gasteiger partial charge >= 0.3 is 0 Å². The average molecular weight is 269 g/mol. The van der Waals surface area contributed by atoms with E-state index in [0.717, 1.165) is 13.0 Å². The predicted molar refractivity (Wildman–Crippen MR) is 71.3 cm³/mol. The van der Waals surface area contributed by atoms with Crippen LogP contribution in [0.1, 0.15) is 13.3 Å². The second-order valence-corrected chi connectivity index (χ2v) is 6.84. The summed E-state index contributed by atoms with van der Waals surface area (Å²) in [6.07, 6.45) is 3.85. The number of sulfone groups is 1. The molecule has 0 saturated carbocycles. The molecule has 0 spiro atoms. The van der Waals surface area contributed by atoms with Gasteiger partial charge in [0.1, 0.15) is 10.7 Å². The highest BCUT2D eigenvalue weighted by Gasteiger charge is 2.33. The van der Waals surface area contributed by atoms with Crippen molar-refractivity contribution in [3.8, 4) is 0 Å². The summed E-state index contributed by atoms with van der Waals surface area (Å²) in [5.74, 6) is 1.00. The molecule has 0 aliphatic carbocycles. The molecule has 0 radical (unpaired) electrons. The number of hydrogen-bond donors (Lipinski definition) is 1. The van der Waals surface area contributed by atoms with Crippen LogP contribution in [-0.2, 0) is 9.84 Å². The molecule has 2 atom stereocenters. The van der Waals surface area contributed by atoms with Crippen LogP contribution in [0.3, 0.4) is 0 Å². The quantitative estimate of drug-likeness (QED) is 0.872. The van der Waals surface area contributed by atoms with Crippen molar-refractivity contribution in [3.63, 3.8) is 0 Å². The standard InChI is InChI=1S/C12H19N3O2S/c1-9-5-7-15(10(9)8-13)12-11(18(2,16)17)4-3-6-14-12/h3-4,6,9-10H,5,7-8,13H2,1-2H3. The van der Waals surface area contributed by atoms with Gasteiger partial charge in [-0.05, 0) is 24.5 Å². The lowest BCUT2D eigenvalue weighted by Gasteiger charge is -2.27. The first-order valence-corrected chi connectivity index (χ1v) is 7.96. The van der Waals surface area contributed by atoms with Crippen molar-refractivity contribution >= 4 is 15.7 Å². The smallest absolute Gasteiger partial charge is 0.179 e. The third-order valence-corrected chi connectivity index (χ3v) is 4.66. The van der Waals surface area contributed by atoms with Crippen molar-refractivity contribution in [3.05, 3.63) is 18.3 Å². The molecular formula is C12H19N3O2S. The average Bonchev–Trinajstić information content (AvgIpc) is 2.69. The van der Waals surface area contributed by atoms with Gasteiger partial charge in [0.2, 0.25) is 0 Å². The van der Waals surface area contributed by atoms with E-state index in [-0.39, 0.29) is 10.9 Å². The fourth-order valence-electron chi connectivity index (χ4n) is 2.52. The zero-order valence-corrected chi connectivity index (χ0v) is 11.5. The summed E-state index contributed by atoms with van der Waals surface area (Å²) in [7, 11) is -3.27. The molecule has 0 amide bonds. The van der Waals surface area contributed by atoms with E-state index < -0.39 is 9.84 Å². The fraction of sp³-hybridized carbons (Fsp3) is 0.583. The van der Waals surface area contributed by atoms with Crippen LogP contribution in [0.4, 0.5) is 5.82 Å². The number of aromatic nitrogens is 1. The molecule has 2 unspecified atom stereocenters. The van der Waals surface area contributed by atoms with Crippen molar-refractivity contribution in [1.29, 1.82) is 0 Å². The Morgan fingerprint density at radius 3 is 2.89 bits per heavy atom. The fourth-order valence-corrected chi connectivity index (χ4v) is 3.35. The van der Waals surface area contributed by atoms with Crippen LogP contribution in [0.5, 0.6) is 0 Å². The van der Waals surface area contributed by atoms with E-state index in [4.69, 9.17) is 5.73 Å². The first kappa shape index (κ1) is 13.3. The summed E-state index contributed by atoms with van der Waals surface area (Å²) in [6, 6.07) is 3.42. The van der Waals surface area contributed by atoms with Gasteiger partial charge in [0.25, 0.3) is 0 Å². The van der Waals surface area contributed by atoms with E-state index in [1.807, 2.05) is 4.90 Å². The second kappa shape index (κ2) is 4.85. The van der Waals surface area contributed by atoms with Crippen molar-refractivity contribution in [2.45, 2.75) is 24.3 Å². The molecule has 0 aromatic carbocycles. The van der Waals surface area contributed by atoms with Crippen molar-refractivity contribution in [2.24, 2.45) is 11.7 Å². The first-order chi connectivity index (χ1) is 8.45. The van der Waals surface area contributed by atoms with Crippen LogP contribution in [0.25, 0.3) is 0 Å². The summed E-state index contributed by atoms with van der Waals surface area (Å²) in [6.45, 7) is 3.46. The molecule has 1 aromatic rings. The molecule has 2 heterocycles. The molecule has 1 saturated heterocycles. The molecule has 1 aromatic heterocycles. The summed E-state index contributed by atoms with van der Waals surface area (Å²) in [4.78, 5) is 6.57. The minimum absolute atomic E-state index is 0.167. The van der Waals surface area contributed by atoms with Gasteiger partial charge in [-0.2, -0.15) is 0 Å². The number of rotatable bonds is 3. The van der Waals surface area contributed by atoms with Crippen molar-refractivity contribution < 1.29 is 8.42 Å². The molecule has 18 heavy (non-hydrogen) atoms. The lowest BCUT2D eigenvalue weighted by atomic mass is 10.0. The molecule has 1 aliphatic rings.